The molecule has 1 aromatic carbocycles. The number of hydrogen-bond donors (Lipinski definition) is 0. The monoisotopic (exact) mass is 306 g/mol. The number of nitro groups is 1. The van der Waals surface area contributed by atoms with Crippen LogP contribution < -0.4 is 0 Å². The summed E-state index contributed by atoms with van der Waals surface area (Å²) in [5, 5.41) is 11.1. The molecule has 1 aliphatic heterocycles. The van der Waals surface area contributed by atoms with Crippen LogP contribution in [0.25, 0.3) is 0 Å². The van der Waals surface area contributed by atoms with E-state index in [-0.39, 0.29) is 30.1 Å². The second-order valence-electron chi connectivity index (χ2n) is 5.80. The Labute approximate surface area is 130 Å². The van der Waals surface area contributed by atoms with Gasteiger partial charge in [-0.1, -0.05) is 18.2 Å². The van der Waals surface area contributed by atoms with Crippen LogP contribution in [-0.4, -0.2) is 41.0 Å². The van der Waals surface area contributed by atoms with Gasteiger partial charge in [-0.3, -0.25) is 14.9 Å². The van der Waals surface area contributed by atoms with Crippen molar-refractivity contribution in [2.75, 3.05) is 13.2 Å². The van der Waals surface area contributed by atoms with Crippen LogP contribution in [0.5, 0.6) is 0 Å². The molecular formula is C16H22N2O4. The minimum absolute atomic E-state index is 0.00605. The van der Waals surface area contributed by atoms with E-state index in [4.69, 9.17) is 4.74 Å². The van der Waals surface area contributed by atoms with E-state index >= 15 is 0 Å². The number of carbonyl (C=O) groups excluding carboxylic acids is 1. The molecule has 2 rings (SSSR count). The van der Waals surface area contributed by atoms with Crippen LogP contribution in [0.2, 0.25) is 0 Å². The maximum Gasteiger partial charge on any atom is 0.273 e. The van der Waals surface area contributed by atoms with Gasteiger partial charge in [-0.05, 0) is 26.7 Å². The number of hydrogen-bond acceptors (Lipinski definition) is 4. The van der Waals surface area contributed by atoms with Crippen LogP contribution in [0.1, 0.15) is 32.3 Å². The molecular weight excluding hydrogens is 284 g/mol. The molecule has 1 aliphatic rings. The normalized spacial score (nSPS) is 15.8. The van der Waals surface area contributed by atoms with E-state index in [1.54, 1.807) is 18.2 Å². The maximum absolute atomic E-state index is 12.7. The highest BCUT2D eigenvalue weighted by atomic mass is 16.6. The van der Waals surface area contributed by atoms with Gasteiger partial charge in [-0.25, -0.2) is 0 Å². The molecule has 1 amide bonds. The Morgan fingerprint density at radius 3 is 2.59 bits per heavy atom. The minimum atomic E-state index is -0.434. The van der Waals surface area contributed by atoms with E-state index in [1.807, 2.05) is 18.7 Å². The predicted molar refractivity (Wildman–Crippen MR) is 82.6 cm³/mol. The molecule has 1 fully saturated rings. The lowest BCUT2D eigenvalue weighted by atomic mass is 10.0. The van der Waals surface area contributed by atoms with Crippen molar-refractivity contribution in [1.82, 2.24) is 4.90 Å². The summed E-state index contributed by atoms with van der Waals surface area (Å²) in [5.74, 6) is -0.0591. The Hall–Kier alpha value is -1.95. The first-order valence-electron chi connectivity index (χ1n) is 7.62. The molecule has 0 bridgehead atoms. The molecule has 0 N–H and O–H groups in total. The number of ether oxygens (including phenoxy) is 1. The number of amides is 1. The second-order valence-corrected chi connectivity index (χ2v) is 5.80. The van der Waals surface area contributed by atoms with Crippen LogP contribution in [-0.2, 0) is 16.0 Å². The first-order chi connectivity index (χ1) is 10.5. The van der Waals surface area contributed by atoms with E-state index in [1.165, 1.54) is 6.07 Å². The van der Waals surface area contributed by atoms with Gasteiger partial charge >= 0.3 is 0 Å². The summed E-state index contributed by atoms with van der Waals surface area (Å²) in [4.78, 5) is 25.2. The van der Waals surface area contributed by atoms with Gasteiger partial charge in [0.05, 0.1) is 11.3 Å². The predicted octanol–water partition coefficient (Wildman–Crippen LogP) is 2.55. The average Bonchev–Trinajstić information content (AvgIpc) is 2.48. The topological polar surface area (TPSA) is 72.7 Å². The molecule has 0 unspecified atom stereocenters. The molecule has 1 aromatic rings. The zero-order chi connectivity index (χ0) is 16.1. The first-order valence-corrected chi connectivity index (χ1v) is 7.62. The third kappa shape index (κ3) is 3.82. The van der Waals surface area contributed by atoms with Crippen molar-refractivity contribution < 1.29 is 14.5 Å². The largest absolute Gasteiger partial charge is 0.381 e. The maximum atomic E-state index is 12.7. The van der Waals surface area contributed by atoms with Crippen LogP contribution in [0, 0.1) is 10.1 Å². The summed E-state index contributed by atoms with van der Waals surface area (Å²) >= 11 is 0. The van der Waals surface area contributed by atoms with Crippen molar-refractivity contribution in [2.45, 2.75) is 45.2 Å². The van der Waals surface area contributed by atoms with Crippen LogP contribution in [0.3, 0.4) is 0 Å². The van der Waals surface area contributed by atoms with E-state index < -0.39 is 4.92 Å². The molecule has 0 aliphatic carbocycles. The van der Waals surface area contributed by atoms with Gasteiger partial charge in [0, 0.05) is 36.9 Å². The molecule has 1 heterocycles. The Bertz CT molecular complexity index is 539. The van der Waals surface area contributed by atoms with Gasteiger partial charge in [0.1, 0.15) is 0 Å². The summed E-state index contributed by atoms with van der Waals surface area (Å²) in [7, 11) is 0. The fraction of sp³-hybridized carbons (Fsp3) is 0.562. The Balaban J connectivity index is 2.16. The third-order valence-electron chi connectivity index (χ3n) is 3.96. The third-order valence-corrected chi connectivity index (χ3v) is 3.96. The minimum Gasteiger partial charge on any atom is -0.381 e. The Morgan fingerprint density at radius 2 is 2.00 bits per heavy atom. The molecule has 0 atom stereocenters. The lowest BCUT2D eigenvalue weighted by Gasteiger charge is -2.37. The standard InChI is InChI=1S/C16H22N2O4/c1-12(2)17(14-7-9-22-10-8-14)16(19)11-13-5-3-4-6-15(13)18(20)21/h3-6,12,14H,7-11H2,1-2H3. The van der Waals surface area contributed by atoms with E-state index in [0.717, 1.165) is 12.8 Å². The number of carbonyl (C=O) groups is 1. The van der Waals surface area contributed by atoms with Crippen molar-refractivity contribution in [3.05, 3.63) is 39.9 Å². The Morgan fingerprint density at radius 1 is 1.36 bits per heavy atom. The summed E-state index contributed by atoms with van der Waals surface area (Å²) in [6.07, 6.45) is 1.70. The van der Waals surface area contributed by atoms with Crippen LogP contribution >= 0.6 is 0 Å². The van der Waals surface area contributed by atoms with Crippen molar-refractivity contribution in [2.24, 2.45) is 0 Å². The lowest BCUT2D eigenvalue weighted by molar-refractivity contribution is -0.385. The number of rotatable bonds is 5. The fourth-order valence-electron chi connectivity index (χ4n) is 2.97. The summed E-state index contributed by atoms with van der Waals surface area (Å²) in [6, 6.07) is 6.66. The van der Waals surface area contributed by atoms with Crippen molar-refractivity contribution in [3.63, 3.8) is 0 Å². The van der Waals surface area contributed by atoms with Gasteiger partial charge in [0.2, 0.25) is 5.91 Å². The highest BCUT2D eigenvalue weighted by molar-refractivity contribution is 5.80. The zero-order valence-corrected chi connectivity index (χ0v) is 13.0. The van der Waals surface area contributed by atoms with Gasteiger partial charge in [-0.15, -0.1) is 0 Å². The molecule has 6 heteroatoms. The number of nitrogens with zero attached hydrogens (tertiary/aromatic N) is 2. The quantitative estimate of drug-likeness (QED) is 0.619. The van der Waals surface area contributed by atoms with Gasteiger partial charge in [0.15, 0.2) is 0 Å². The smallest absolute Gasteiger partial charge is 0.273 e. The summed E-state index contributed by atoms with van der Waals surface area (Å²) in [6.45, 7) is 5.28. The lowest BCUT2D eigenvalue weighted by Crippen LogP contribution is -2.47. The number of nitro benzene ring substituents is 1. The molecule has 0 spiro atoms. The molecule has 0 saturated carbocycles. The summed E-state index contributed by atoms with van der Waals surface area (Å²) < 4.78 is 5.35. The van der Waals surface area contributed by atoms with E-state index in [9.17, 15) is 14.9 Å². The van der Waals surface area contributed by atoms with Gasteiger partial charge in [0.25, 0.3) is 5.69 Å². The van der Waals surface area contributed by atoms with Crippen molar-refractivity contribution in [3.8, 4) is 0 Å². The van der Waals surface area contributed by atoms with E-state index in [0.29, 0.717) is 18.8 Å². The van der Waals surface area contributed by atoms with Gasteiger partial charge in [-0.2, -0.15) is 0 Å². The molecule has 1 saturated heterocycles. The summed E-state index contributed by atoms with van der Waals surface area (Å²) in [5.41, 5.74) is 0.474. The zero-order valence-electron chi connectivity index (χ0n) is 13.0. The number of para-hydroxylation sites is 1. The van der Waals surface area contributed by atoms with Crippen LogP contribution in [0.15, 0.2) is 24.3 Å². The molecule has 6 nitrogen and oxygen atoms in total. The highest BCUT2D eigenvalue weighted by Crippen LogP contribution is 2.22. The fourth-order valence-corrected chi connectivity index (χ4v) is 2.97. The van der Waals surface area contributed by atoms with Crippen molar-refractivity contribution >= 4 is 11.6 Å². The van der Waals surface area contributed by atoms with Crippen molar-refractivity contribution in [1.29, 1.82) is 0 Å². The number of benzene rings is 1. The molecule has 0 radical (unpaired) electrons. The Kier molecular flexibility index (Phi) is 5.49. The second kappa shape index (κ2) is 7.35. The average molecular weight is 306 g/mol. The van der Waals surface area contributed by atoms with Gasteiger partial charge < -0.3 is 9.64 Å². The molecule has 22 heavy (non-hydrogen) atoms. The van der Waals surface area contributed by atoms with Crippen LogP contribution in [0.4, 0.5) is 5.69 Å². The SMILES string of the molecule is CC(C)N(C(=O)Cc1ccccc1[N+](=O)[O-])C1CCOCC1. The molecule has 0 aromatic heterocycles. The molecule has 120 valence electrons. The van der Waals surface area contributed by atoms with E-state index in [2.05, 4.69) is 0 Å². The first kappa shape index (κ1) is 16.4. The highest BCUT2D eigenvalue weighted by Gasteiger charge is 2.29.